The number of hydrogen-bond acceptors (Lipinski definition) is 5. The third kappa shape index (κ3) is 3.41. The van der Waals surface area contributed by atoms with Crippen molar-refractivity contribution in [3.05, 3.63) is 21.3 Å². The van der Waals surface area contributed by atoms with Gasteiger partial charge in [0, 0.05) is 18.2 Å². The number of halogens is 1. The first-order valence-corrected chi connectivity index (χ1v) is 9.75. The molecule has 0 spiro atoms. The summed E-state index contributed by atoms with van der Waals surface area (Å²) < 4.78 is 23.8. The molecule has 1 aliphatic heterocycles. The van der Waals surface area contributed by atoms with E-state index in [-0.39, 0.29) is 5.91 Å². The summed E-state index contributed by atoms with van der Waals surface area (Å²) >= 11 is 7.28. The Hall–Kier alpha value is -0.630. The summed E-state index contributed by atoms with van der Waals surface area (Å²) in [7, 11) is -1.83. The van der Waals surface area contributed by atoms with Crippen LogP contribution in [0.4, 0.5) is 0 Å². The number of amides is 1. The molecule has 1 saturated heterocycles. The van der Waals surface area contributed by atoms with E-state index < -0.39 is 14.6 Å². The number of nitrogens with one attached hydrogen (secondary N) is 1. The number of rotatable bonds is 4. The van der Waals surface area contributed by atoms with Crippen LogP contribution in [-0.4, -0.2) is 50.4 Å². The lowest BCUT2D eigenvalue weighted by atomic mass is 9.95. The summed E-state index contributed by atoms with van der Waals surface area (Å²) in [6.07, 6.45) is 1.80. The molecule has 0 radical (unpaired) electrons. The fraction of sp³-hybridized carbons (Fsp3) is 0.615. The molecule has 1 amide bonds. The van der Waals surface area contributed by atoms with Crippen molar-refractivity contribution in [1.82, 2.24) is 10.2 Å². The minimum atomic E-state index is -3.47. The average molecular weight is 351 g/mol. The zero-order valence-corrected chi connectivity index (χ0v) is 14.4. The second kappa shape index (κ2) is 6.24. The van der Waals surface area contributed by atoms with E-state index in [4.69, 9.17) is 11.6 Å². The second-order valence-corrected chi connectivity index (χ2v) is 9.51. The molecule has 1 aromatic rings. The van der Waals surface area contributed by atoms with Crippen molar-refractivity contribution in [3.63, 3.8) is 0 Å². The Labute approximate surface area is 134 Å². The monoisotopic (exact) mass is 350 g/mol. The fourth-order valence-corrected chi connectivity index (χ4v) is 5.22. The van der Waals surface area contributed by atoms with Crippen LogP contribution in [0.3, 0.4) is 0 Å². The number of hydrogen-bond donors (Lipinski definition) is 1. The van der Waals surface area contributed by atoms with Crippen molar-refractivity contribution in [2.75, 3.05) is 26.4 Å². The molecule has 1 fully saturated rings. The zero-order chi connectivity index (χ0) is 15.7. The van der Waals surface area contributed by atoms with Gasteiger partial charge in [-0.05, 0) is 38.1 Å². The first-order valence-electron chi connectivity index (χ1n) is 6.66. The largest absolute Gasteiger partial charge is 0.339 e. The van der Waals surface area contributed by atoms with Gasteiger partial charge >= 0.3 is 0 Å². The van der Waals surface area contributed by atoms with Gasteiger partial charge in [-0.1, -0.05) is 11.6 Å². The molecule has 0 bridgehead atoms. The van der Waals surface area contributed by atoms with Crippen LogP contribution < -0.4 is 5.32 Å². The first-order chi connectivity index (χ1) is 9.76. The van der Waals surface area contributed by atoms with E-state index >= 15 is 0 Å². The molecule has 0 atom stereocenters. The number of carbonyl (C=O) groups excluding carboxylic acids is 1. The molecule has 1 N–H and O–H groups in total. The van der Waals surface area contributed by atoms with Crippen LogP contribution >= 0.6 is 22.9 Å². The number of sulfone groups is 1. The van der Waals surface area contributed by atoms with E-state index in [1.54, 1.807) is 13.1 Å². The maximum Gasteiger partial charge on any atom is 0.244 e. The molecule has 2 rings (SSSR count). The molecule has 8 heteroatoms. The Morgan fingerprint density at radius 1 is 1.43 bits per heavy atom. The predicted molar refractivity (Wildman–Crippen MR) is 85.5 cm³/mol. The molecule has 21 heavy (non-hydrogen) atoms. The number of carbonyl (C=O) groups is 1. The highest BCUT2D eigenvalue weighted by Crippen LogP contribution is 2.31. The predicted octanol–water partition coefficient (Wildman–Crippen LogP) is 1.53. The minimum absolute atomic E-state index is 0.320. The van der Waals surface area contributed by atoms with E-state index in [2.05, 4.69) is 5.32 Å². The molecule has 0 saturated carbocycles. The van der Waals surface area contributed by atoms with Crippen molar-refractivity contribution in [3.8, 4) is 0 Å². The highest BCUT2D eigenvalue weighted by molar-refractivity contribution is 7.92. The second-order valence-electron chi connectivity index (χ2n) is 5.38. The summed E-state index contributed by atoms with van der Waals surface area (Å²) in [5, 5.41) is 3.11. The van der Waals surface area contributed by atoms with Crippen LogP contribution in [0.5, 0.6) is 0 Å². The summed E-state index contributed by atoms with van der Waals surface area (Å²) in [6, 6.07) is 3.63. The molecule has 0 aromatic carbocycles. The van der Waals surface area contributed by atoms with Crippen molar-refractivity contribution < 1.29 is 13.2 Å². The van der Waals surface area contributed by atoms with Gasteiger partial charge in [0.25, 0.3) is 0 Å². The third-order valence-electron chi connectivity index (χ3n) is 3.88. The van der Waals surface area contributed by atoms with Crippen molar-refractivity contribution >= 4 is 38.7 Å². The van der Waals surface area contributed by atoms with Crippen molar-refractivity contribution in [2.24, 2.45) is 0 Å². The molecule has 1 aliphatic rings. The topological polar surface area (TPSA) is 66.5 Å². The SMILES string of the molecule is CN(Cc1ccc(Cl)s1)C(=O)C1(S(C)(=O)=O)CCNCC1. The Morgan fingerprint density at radius 2 is 2.05 bits per heavy atom. The number of nitrogens with zero attached hydrogens (tertiary/aromatic N) is 1. The standard InChI is InChI=1S/C13H19ClN2O3S2/c1-16(9-10-3-4-11(14)20-10)12(17)13(21(2,18)19)5-7-15-8-6-13/h3-4,15H,5-9H2,1-2H3. The molecule has 1 aromatic heterocycles. The van der Waals surface area contributed by atoms with Crippen LogP contribution in [0.1, 0.15) is 17.7 Å². The Bertz CT molecular complexity index is 621. The molecule has 2 heterocycles. The molecule has 5 nitrogen and oxygen atoms in total. The van der Waals surface area contributed by atoms with Crippen LogP contribution in [0.25, 0.3) is 0 Å². The summed E-state index contributed by atoms with van der Waals surface area (Å²) in [4.78, 5) is 15.2. The molecule has 0 unspecified atom stereocenters. The third-order valence-corrected chi connectivity index (χ3v) is 7.10. The van der Waals surface area contributed by atoms with E-state index in [0.717, 1.165) is 11.1 Å². The average Bonchev–Trinajstić information content (AvgIpc) is 2.82. The lowest BCUT2D eigenvalue weighted by molar-refractivity contribution is -0.133. The summed E-state index contributed by atoms with van der Waals surface area (Å²) in [5.41, 5.74) is 0. The first kappa shape index (κ1) is 16.7. The van der Waals surface area contributed by atoms with Gasteiger partial charge in [-0.3, -0.25) is 4.79 Å². The summed E-state index contributed by atoms with van der Waals surface area (Å²) in [6.45, 7) is 1.45. The highest BCUT2D eigenvalue weighted by Gasteiger charge is 2.49. The Balaban J connectivity index is 2.22. The van der Waals surface area contributed by atoms with Gasteiger partial charge < -0.3 is 10.2 Å². The van der Waals surface area contributed by atoms with E-state index in [1.165, 1.54) is 16.2 Å². The molecule has 118 valence electrons. The fourth-order valence-electron chi connectivity index (χ4n) is 2.66. The lowest BCUT2D eigenvalue weighted by Gasteiger charge is -2.37. The van der Waals surface area contributed by atoms with E-state index in [9.17, 15) is 13.2 Å². The maximum absolute atomic E-state index is 12.8. The van der Waals surface area contributed by atoms with Crippen molar-refractivity contribution in [2.45, 2.75) is 24.1 Å². The van der Waals surface area contributed by atoms with Gasteiger partial charge in [0.15, 0.2) is 14.6 Å². The number of piperidine rings is 1. The Morgan fingerprint density at radius 3 is 2.52 bits per heavy atom. The van der Waals surface area contributed by atoms with E-state index in [1.807, 2.05) is 6.07 Å². The quantitative estimate of drug-likeness (QED) is 0.894. The maximum atomic E-state index is 12.8. The summed E-state index contributed by atoms with van der Waals surface area (Å²) in [5.74, 6) is -0.323. The smallest absolute Gasteiger partial charge is 0.244 e. The molecule has 0 aliphatic carbocycles. The molecular formula is C13H19ClN2O3S2. The van der Waals surface area contributed by atoms with Gasteiger partial charge in [-0.25, -0.2) is 8.42 Å². The molecular weight excluding hydrogens is 332 g/mol. The highest BCUT2D eigenvalue weighted by atomic mass is 35.5. The zero-order valence-electron chi connectivity index (χ0n) is 12.1. The van der Waals surface area contributed by atoms with Crippen LogP contribution in [0, 0.1) is 0 Å². The lowest BCUT2D eigenvalue weighted by Crippen LogP contribution is -2.57. The van der Waals surface area contributed by atoms with Gasteiger partial charge in [-0.15, -0.1) is 11.3 Å². The van der Waals surface area contributed by atoms with Gasteiger partial charge in [0.2, 0.25) is 5.91 Å². The van der Waals surface area contributed by atoms with Crippen LogP contribution in [0.2, 0.25) is 4.34 Å². The van der Waals surface area contributed by atoms with Crippen molar-refractivity contribution in [1.29, 1.82) is 0 Å². The normalized spacial score (nSPS) is 18.4. The van der Waals surface area contributed by atoms with Crippen LogP contribution in [0.15, 0.2) is 12.1 Å². The van der Waals surface area contributed by atoms with Crippen LogP contribution in [-0.2, 0) is 21.2 Å². The van der Waals surface area contributed by atoms with Gasteiger partial charge in [-0.2, -0.15) is 0 Å². The Kier molecular flexibility index (Phi) is 4.97. The minimum Gasteiger partial charge on any atom is -0.339 e. The van der Waals surface area contributed by atoms with E-state index in [0.29, 0.717) is 36.8 Å². The van der Waals surface area contributed by atoms with Gasteiger partial charge in [0.1, 0.15) is 0 Å². The number of thiophene rings is 1. The van der Waals surface area contributed by atoms with Gasteiger partial charge in [0.05, 0.1) is 10.9 Å².